The fourth-order valence-corrected chi connectivity index (χ4v) is 2.80. The molecular formula is C15H32N2. The summed E-state index contributed by atoms with van der Waals surface area (Å²) in [5.74, 6) is 0.872. The first kappa shape index (κ1) is 15.0. The lowest BCUT2D eigenvalue weighted by atomic mass is 9.89. The van der Waals surface area contributed by atoms with Crippen LogP contribution in [0, 0.1) is 5.92 Å². The van der Waals surface area contributed by atoms with E-state index in [4.69, 9.17) is 0 Å². The van der Waals surface area contributed by atoms with Crippen LogP contribution in [-0.2, 0) is 0 Å². The molecule has 1 rings (SSSR count). The quantitative estimate of drug-likeness (QED) is 0.766. The molecule has 0 spiro atoms. The molecule has 1 fully saturated rings. The molecular weight excluding hydrogens is 208 g/mol. The van der Waals surface area contributed by atoms with E-state index >= 15 is 0 Å². The number of nitrogens with zero attached hydrogens (tertiary/aromatic N) is 1. The van der Waals surface area contributed by atoms with Crippen molar-refractivity contribution in [2.24, 2.45) is 5.92 Å². The largest absolute Gasteiger partial charge is 0.311 e. The molecule has 0 saturated carbocycles. The zero-order valence-electron chi connectivity index (χ0n) is 12.6. The van der Waals surface area contributed by atoms with Gasteiger partial charge in [0.1, 0.15) is 0 Å². The molecule has 0 aliphatic carbocycles. The van der Waals surface area contributed by atoms with Gasteiger partial charge in [0.2, 0.25) is 0 Å². The summed E-state index contributed by atoms with van der Waals surface area (Å²) in [7, 11) is 0. The molecule has 17 heavy (non-hydrogen) atoms. The van der Waals surface area contributed by atoms with Crippen molar-refractivity contribution >= 4 is 0 Å². The van der Waals surface area contributed by atoms with Crippen molar-refractivity contribution < 1.29 is 0 Å². The summed E-state index contributed by atoms with van der Waals surface area (Å²) < 4.78 is 0. The minimum atomic E-state index is 0.369. The summed E-state index contributed by atoms with van der Waals surface area (Å²) >= 11 is 0. The third kappa shape index (κ3) is 3.69. The summed E-state index contributed by atoms with van der Waals surface area (Å²) in [6.45, 7) is 15.4. The average molecular weight is 240 g/mol. The molecule has 1 saturated heterocycles. The Bertz CT molecular complexity index is 213. The standard InChI is InChI=1S/C15H32N2/c1-6-13(7-2)10-17-11-14(8-3)16-12-15(17,5)9-4/h13-14,16H,6-12H2,1-5H3. The number of hydrogen-bond donors (Lipinski definition) is 1. The molecule has 2 atom stereocenters. The van der Waals surface area contributed by atoms with Gasteiger partial charge in [-0.2, -0.15) is 0 Å². The lowest BCUT2D eigenvalue weighted by Crippen LogP contribution is -2.63. The lowest BCUT2D eigenvalue weighted by molar-refractivity contribution is 0.0328. The van der Waals surface area contributed by atoms with E-state index in [1.54, 1.807) is 0 Å². The first-order valence-electron chi connectivity index (χ1n) is 7.58. The van der Waals surface area contributed by atoms with Gasteiger partial charge < -0.3 is 5.32 Å². The van der Waals surface area contributed by atoms with Gasteiger partial charge in [0.25, 0.3) is 0 Å². The van der Waals surface area contributed by atoms with Gasteiger partial charge in [-0.25, -0.2) is 0 Å². The van der Waals surface area contributed by atoms with Crippen molar-refractivity contribution in [2.75, 3.05) is 19.6 Å². The van der Waals surface area contributed by atoms with Crippen LogP contribution in [0.1, 0.15) is 60.3 Å². The van der Waals surface area contributed by atoms with Crippen molar-refractivity contribution in [1.82, 2.24) is 10.2 Å². The van der Waals surface area contributed by atoms with Gasteiger partial charge in [-0.1, -0.05) is 40.5 Å². The van der Waals surface area contributed by atoms with Gasteiger partial charge in [-0.15, -0.1) is 0 Å². The van der Waals surface area contributed by atoms with Crippen molar-refractivity contribution in [3.8, 4) is 0 Å². The van der Waals surface area contributed by atoms with Crippen molar-refractivity contribution in [2.45, 2.75) is 71.9 Å². The third-order valence-electron chi connectivity index (χ3n) is 4.86. The molecule has 0 radical (unpaired) electrons. The highest BCUT2D eigenvalue weighted by atomic mass is 15.3. The summed E-state index contributed by atoms with van der Waals surface area (Å²) in [5.41, 5.74) is 0.369. The van der Waals surface area contributed by atoms with E-state index in [9.17, 15) is 0 Å². The van der Waals surface area contributed by atoms with Crippen LogP contribution < -0.4 is 5.32 Å². The van der Waals surface area contributed by atoms with Crippen LogP contribution in [0.5, 0.6) is 0 Å². The van der Waals surface area contributed by atoms with E-state index in [0.29, 0.717) is 11.6 Å². The number of rotatable bonds is 6. The first-order chi connectivity index (χ1) is 8.09. The zero-order chi connectivity index (χ0) is 12.9. The Hall–Kier alpha value is -0.0800. The van der Waals surface area contributed by atoms with Gasteiger partial charge in [0.05, 0.1) is 0 Å². The highest BCUT2D eigenvalue weighted by Gasteiger charge is 2.36. The molecule has 0 aromatic carbocycles. The van der Waals surface area contributed by atoms with E-state index in [-0.39, 0.29) is 0 Å². The normalized spacial score (nSPS) is 31.1. The Morgan fingerprint density at radius 1 is 1.24 bits per heavy atom. The molecule has 0 bridgehead atoms. The van der Waals surface area contributed by atoms with Gasteiger partial charge in [-0.05, 0) is 25.7 Å². The monoisotopic (exact) mass is 240 g/mol. The Kier molecular flexibility index (Phi) is 5.94. The van der Waals surface area contributed by atoms with Crippen LogP contribution in [0.2, 0.25) is 0 Å². The SMILES string of the molecule is CCC(CC)CN1CC(CC)NCC1(C)CC. The van der Waals surface area contributed by atoms with E-state index in [2.05, 4.69) is 44.8 Å². The Balaban J connectivity index is 2.67. The van der Waals surface area contributed by atoms with Crippen molar-refractivity contribution in [1.29, 1.82) is 0 Å². The molecule has 1 aliphatic heterocycles. The highest BCUT2D eigenvalue weighted by molar-refractivity contribution is 4.95. The summed E-state index contributed by atoms with van der Waals surface area (Å²) in [4.78, 5) is 2.76. The molecule has 1 aliphatic rings. The van der Waals surface area contributed by atoms with Crippen LogP contribution in [0.15, 0.2) is 0 Å². The molecule has 2 unspecified atom stereocenters. The molecule has 1 heterocycles. The molecule has 0 aromatic rings. The van der Waals surface area contributed by atoms with Crippen LogP contribution in [0.4, 0.5) is 0 Å². The molecule has 1 N–H and O–H groups in total. The average Bonchev–Trinajstić information content (AvgIpc) is 2.37. The number of piperazine rings is 1. The fourth-order valence-electron chi connectivity index (χ4n) is 2.80. The minimum Gasteiger partial charge on any atom is -0.311 e. The van der Waals surface area contributed by atoms with E-state index in [0.717, 1.165) is 12.5 Å². The maximum absolute atomic E-state index is 3.71. The summed E-state index contributed by atoms with van der Waals surface area (Å²) in [6.07, 6.45) is 5.13. The lowest BCUT2D eigenvalue weighted by Gasteiger charge is -2.49. The van der Waals surface area contributed by atoms with E-state index in [1.165, 1.54) is 38.8 Å². The van der Waals surface area contributed by atoms with Crippen LogP contribution in [-0.4, -0.2) is 36.1 Å². The van der Waals surface area contributed by atoms with Crippen LogP contribution >= 0.6 is 0 Å². The number of nitrogens with one attached hydrogen (secondary N) is 1. The van der Waals surface area contributed by atoms with E-state index in [1.807, 2.05) is 0 Å². The second-order valence-electron chi connectivity index (χ2n) is 5.92. The smallest absolute Gasteiger partial charge is 0.0304 e. The Labute approximate surface area is 108 Å². The Morgan fingerprint density at radius 2 is 1.88 bits per heavy atom. The van der Waals surface area contributed by atoms with Crippen molar-refractivity contribution in [3.63, 3.8) is 0 Å². The highest BCUT2D eigenvalue weighted by Crippen LogP contribution is 2.26. The summed E-state index contributed by atoms with van der Waals surface area (Å²) in [5, 5.41) is 3.71. The topological polar surface area (TPSA) is 15.3 Å². The zero-order valence-corrected chi connectivity index (χ0v) is 12.6. The molecule has 2 nitrogen and oxygen atoms in total. The molecule has 0 amide bonds. The van der Waals surface area contributed by atoms with Gasteiger partial charge >= 0.3 is 0 Å². The maximum Gasteiger partial charge on any atom is 0.0304 e. The summed E-state index contributed by atoms with van der Waals surface area (Å²) in [6, 6.07) is 0.698. The van der Waals surface area contributed by atoms with Crippen LogP contribution in [0.3, 0.4) is 0 Å². The van der Waals surface area contributed by atoms with E-state index < -0.39 is 0 Å². The van der Waals surface area contributed by atoms with Gasteiger partial charge in [0.15, 0.2) is 0 Å². The molecule has 0 aromatic heterocycles. The third-order valence-corrected chi connectivity index (χ3v) is 4.86. The van der Waals surface area contributed by atoms with Gasteiger partial charge in [-0.3, -0.25) is 4.90 Å². The maximum atomic E-state index is 3.71. The van der Waals surface area contributed by atoms with Crippen LogP contribution in [0.25, 0.3) is 0 Å². The Morgan fingerprint density at radius 3 is 2.35 bits per heavy atom. The predicted octanol–water partition coefficient (Wildman–Crippen LogP) is 3.28. The van der Waals surface area contributed by atoms with Gasteiger partial charge in [0, 0.05) is 31.2 Å². The second kappa shape index (κ2) is 6.75. The second-order valence-corrected chi connectivity index (χ2v) is 5.92. The predicted molar refractivity (Wildman–Crippen MR) is 76.4 cm³/mol. The fraction of sp³-hybridized carbons (Fsp3) is 1.00. The van der Waals surface area contributed by atoms with Crippen molar-refractivity contribution in [3.05, 3.63) is 0 Å². The number of hydrogen-bond acceptors (Lipinski definition) is 2. The minimum absolute atomic E-state index is 0.369. The molecule has 2 heteroatoms. The first-order valence-corrected chi connectivity index (χ1v) is 7.58. The molecule has 102 valence electrons.